The Labute approximate surface area is 159 Å². The Morgan fingerprint density at radius 3 is 2.39 bits per heavy atom. The van der Waals surface area contributed by atoms with Crippen LogP contribution in [0.3, 0.4) is 0 Å². The third-order valence-corrected chi connectivity index (χ3v) is 4.89. The van der Waals surface area contributed by atoms with Gasteiger partial charge >= 0.3 is 11.9 Å². The molecule has 8 heteroatoms. The Hall–Kier alpha value is -3.42. The van der Waals surface area contributed by atoms with Crippen molar-refractivity contribution in [1.82, 2.24) is 0 Å². The molecule has 4 rings (SSSR count). The quantitative estimate of drug-likeness (QED) is 0.260. The summed E-state index contributed by atoms with van der Waals surface area (Å²) in [5, 5.41) is 11.3. The van der Waals surface area contributed by atoms with E-state index < -0.39 is 22.6 Å². The fourth-order valence-electron chi connectivity index (χ4n) is 3.51. The van der Waals surface area contributed by atoms with E-state index in [1.165, 1.54) is 18.2 Å². The number of nitrogens with zero attached hydrogens (tertiary/aromatic N) is 1. The first-order valence-electron chi connectivity index (χ1n) is 8.90. The lowest BCUT2D eigenvalue weighted by molar-refractivity contribution is -0.384. The van der Waals surface area contributed by atoms with E-state index in [2.05, 4.69) is 0 Å². The van der Waals surface area contributed by atoms with Crippen molar-refractivity contribution < 1.29 is 28.4 Å². The highest BCUT2D eigenvalue weighted by Gasteiger charge is 2.48. The van der Waals surface area contributed by atoms with Crippen LogP contribution in [-0.2, 0) is 19.1 Å². The number of esters is 2. The number of furan rings is 1. The average molecular weight is 383 g/mol. The van der Waals surface area contributed by atoms with E-state index in [4.69, 9.17) is 13.9 Å². The molecule has 2 aliphatic rings. The molecule has 0 atom stereocenters. The van der Waals surface area contributed by atoms with E-state index in [0.29, 0.717) is 18.4 Å². The van der Waals surface area contributed by atoms with Crippen LogP contribution in [0.1, 0.15) is 37.0 Å². The van der Waals surface area contributed by atoms with E-state index in [-0.39, 0.29) is 22.8 Å². The van der Waals surface area contributed by atoms with E-state index in [1.54, 1.807) is 25.1 Å². The highest BCUT2D eigenvalue weighted by molar-refractivity contribution is 6.18. The maximum absolute atomic E-state index is 12.3. The van der Waals surface area contributed by atoms with Crippen LogP contribution >= 0.6 is 0 Å². The smallest absolute Gasteiger partial charge is 0.349 e. The predicted octanol–water partition coefficient (Wildman–Crippen LogP) is 3.92. The van der Waals surface area contributed by atoms with Crippen molar-refractivity contribution in [1.29, 1.82) is 0 Å². The fourth-order valence-corrected chi connectivity index (χ4v) is 3.51. The first-order valence-corrected chi connectivity index (χ1v) is 8.90. The van der Waals surface area contributed by atoms with Crippen LogP contribution in [0, 0.1) is 17.0 Å². The number of carbonyl (C=O) groups is 2. The van der Waals surface area contributed by atoms with Crippen LogP contribution in [0.5, 0.6) is 0 Å². The Balaban J connectivity index is 1.63. The van der Waals surface area contributed by atoms with Crippen molar-refractivity contribution in [3.05, 3.63) is 57.3 Å². The minimum absolute atomic E-state index is 0.0896. The Morgan fingerprint density at radius 1 is 1.07 bits per heavy atom. The van der Waals surface area contributed by atoms with Gasteiger partial charge in [0, 0.05) is 25.0 Å². The van der Waals surface area contributed by atoms with Crippen LogP contribution in [-0.4, -0.2) is 22.6 Å². The number of carbonyl (C=O) groups excluding carboxylic acids is 2. The van der Waals surface area contributed by atoms with Crippen molar-refractivity contribution >= 4 is 23.7 Å². The molecule has 2 heterocycles. The summed E-state index contributed by atoms with van der Waals surface area (Å²) in [4.78, 5) is 35.4. The molecule has 0 radical (unpaired) electrons. The second kappa shape index (κ2) is 6.63. The van der Waals surface area contributed by atoms with Crippen molar-refractivity contribution in [3.63, 3.8) is 0 Å². The molecule has 8 nitrogen and oxygen atoms in total. The molecule has 0 amide bonds. The van der Waals surface area contributed by atoms with Crippen molar-refractivity contribution in [2.75, 3.05) is 0 Å². The zero-order valence-electron chi connectivity index (χ0n) is 15.1. The average Bonchev–Trinajstić information content (AvgIpc) is 3.28. The SMILES string of the molecule is Cc1ccc(-c2ccc(C=C3C(=O)OC4(CCCC4)OC3=O)o2)c([N+](=O)[O-])c1. The zero-order valence-corrected chi connectivity index (χ0v) is 15.1. The standard InChI is InChI=1S/C20H17NO7/c1-12-4-6-14(16(10-12)21(24)25)17-7-5-13(26-17)11-15-18(22)27-20(28-19(15)23)8-2-3-9-20/h4-7,10-11H,2-3,8-9H2,1H3. The molecule has 1 spiro atoms. The number of nitro groups is 1. The van der Waals surface area contributed by atoms with E-state index in [0.717, 1.165) is 18.4 Å². The Kier molecular flexibility index (Phi) is 4.26. The van der Waals surface area contributed by atoms with Gasteiger partial charge in [-0.05, 0) is 43.5 Å². The van der Waals surface area contributed by atoms with Gasteiger partial charge in [-0.25, -0.2) is 9.59 Å². The highest BCUT2D eigenvalue weighted by atomic mass is 16.7. The van der Waals surface area contributed by atoms with Crippen molar-refractivity contribution in [3.8, 4) is 11.3 Å². The Morgan fingerprint density at radius 2 is 1.75 bits per heavy atom. The van der Waals surface area contributed by atoms with Gasteiger partial charge in [-0.2, -0.15) is 0 Å². The zero-order chi connectivity index (χ0) is 19.9. The van der Waals surface area contributed by atoms with Gasteiger partial charge in [0.05, 0.1) is 10.5 Å². The number of benzene rings is 1. The van der Waals surface area contributed by atoms with Gasteiger partial charge in [-0.1, -0.05) is 6.07 Å². The number of hydrogen-bond acceptors (Lipinski definition) is 7. The number of ether oxygens (including phenoxy) is 2. The van der Waals surface area contributed by atoms with Crippen LogP contribution in [0.4, 0.5) is 5.69 Å². The molecular weight excluding hydrogens is 366 g/mol. The predicted molar refractivity (Wildman–Crippen MR) is 96.9 cm³/mol. The molecule has 1 saturated carbocycles. The lowest BCUT2D eigenvalue weighted by Gasteiger charge is -2.32. The first kappa shape index (κ1) is 18.0. The number of nitro benzene ring substituents is 1. The van der Waals surface area contributed by atoms with Gasteiger partial charge in [0.1, 0.15) is 17.1 Å². The van der Waals surface area contributed by atoms with Crippen LogP contribution in [0.2, 0.25) is 0 Å². The molecule has 1 saturated heterocycles. The molecule has 1 aromatic carbocycles. The van der Waals surface area contributed by atoms with E-state index >= 15 is 0 Å². The third-order valence-electron chi connectivity index (χ3n) is 4.89. The summed E-state index contributed by atoms with van der Waals surface area (Å²) in [6.45, 7) is 1.76. The molecule has 1 aliphatic heterocycles. The third kappa shape index (κ3) is 3.17. The maximum Gasteiger partial charge on any atom is 0.349 e. The van der Waals surface area contributed by atoms with Gasteiger partial charge in [-0.15, -0.1) is 0 Å². The van der Waals surface area contributed by atoms with Crippen molar-refractivity contribution in [2.45, 2.75) is 38.4 Å². The van der Waals surface area contributed by atoms with E-state index in [1.807, 2.05) is 0 Å². The minimum atomic E-state index is -1.14. The summed E-state index contributed by atoms with van der Waals surface area (Å²) >= 11 is 0. The van der Waals surface area contributed by atoms with Crippen LogP contribution < -0.4 is 0 Å². The van der Waals surface area contributed by atoms with Gasteiger partial charge in [-0.3, -0.25) is 10.1 Å². The van der Waals surface area contributed by atoms with Crippen molar-refractivity contribution in [2.24, 2.45) is 0 Å². The normalized spacial score (nSPS) is 18.1. The van der Waals surface area contributed by atoms with Crippen LogP contribution in [0.25, 0.3) is 17.4 Å². The second-order valence-corrected chi connectivity index (χ2v) is 6.93. The molecule has 144 valence electrons. The largest absolute Gasteiger partial charge is 0.456 e. The molecular formula is C20H17NO7. The van der Waals surface area contributed by atoms with Gasteiger partial charge in [0.25, 0.3) is 11.5 Å². The molecule has 1 aliphatic carbocycles. The lowest BCUT2D eigenvalue weighted by atomic mass is 10.1. The van der Waals surface area contributed by atoms with Crippen LogP contribution in [0.15, 0.2) is 40.3 Å². The van der Waals surface area contributed by atoms with Gasteiger partial charge < -0.3 is 13.9 Å². The van der Waals surface area contributed by atoms with Gasteiger partial charge in [0.2, 0.25) is 0 Å². The summed E-state index contributed by atoms with van der Waals surface area (Å²) in [5.74, 6) is -2.20. The molecule has 2 aromatic rings. The lowest BCUT2D eigenvalue weighted by Crippen LogP contribution is -2.44. The highest BCUT2D eigenvalue weighted by Crippen LogP contribution is 2.39. The molecule has 0 bridgehead atoms. The molecule has 0 N–H and O–H groups in total. The molecule has 0 unspecified atom stereocenters. The molecule has 28 heavy (non-hydrogen) atoms. The Bertz CT molecular complexity index is 989. The summed E-state index contributed by atoms with van der Waals surface area (Å²) < 4.78 is 16.3. The summed E-state index contributed by atoms with van der Waals surface area (Å²) in [7, 11) is 0. The summed E-state index contributed by atoms with van der Waals surface area (Å²) in [5.41, 5.74) is 0.696. The summed E-state index contributed by atoms with van der Waals surface area (Å²) in [6.07, 6.45) is 3.89. The summed E-state index contributed by atoms with van der Waals surface area (Å²) in [6, 6.07) is 7.84. The minimum Gasteiger partial charge on any atom is -0.456 e. The number of aryl methyl sites for hydroxylation is 1. The fraction of sp³-hybridized carbons (Fsp3) is 0.300. The van der Waals surface area contributed by atoms with E-state index in [9.17, 15) is 19.7 Å². The monoisotopic (exact) mass is 383 g/mol. The maximum atomic E-state index is 12.3. The number of rotatable bonds is 3. The topological polar surface area (TPSA) is 109 Å². The molecule has 2 fully saturated rings. The first-order chi connectivity index (χ1) is 13.4. The molecule has 1 aromatic heterocycles. The second-order valence-electron chi connectivity index (χ2n) is 6.93. The number of hydrogen-bond donors (Lipinski definition) is 0. The van der Waals surface area contributed by atoms with Gasteiger partial charge in [0.15, 0.2) is 0 Å².